The summed E-state index contributed by atoms with van der Waals surface area (Å²) in [5, 5.41) is 13.1. The maximum atomic E-state index is 9.67. The van der Waals surface area contributed by atoms with E-state index < -0.39 is 0 Å². The van der Waals surface area contributed by atoms with Crippen molar-refractivity contribution in [3.05, 3.63) is 23.8 Å². The van der Waals surface area contributed by atoms with Gasteiger partial charge in [-0.25, -0.2) is 0 Å². The summed E-state index contributed by atoms with van der Waals surface area (Å²) in [5.74, 6) is 0.718. The van der Waals surface area contributed by atoms with Crippen LogP contribution in [0.2, 0.25) is 0 Å². The maximum Gasteiger partial charge on any atom is 0.160 e. The molecule has 0 aliphatic rings. The van der Waals surface area contributed by atoms with Crippen molar-refractivity contribution in [3.8, 4) is 11.5 Å². The Kier molecular flexibility index (Phi) is 7.30. The van der Waals surface area contributed by atoms with Crippen LogP contribution in [0, 0.1) is 0 Å². The molecule has 0 radical (unpaired) electrons. The summed E-state index contributed by atoms with van der Waals surface area (Å²) in [6.45, 7) is 9.51. The van der Waals surface area contributed by atoms with Crippen molar-refractivity contribution in [2.75, 3.05) is 33.3 Å². The van der Waals surface area contributed by atoms with Crippen LogP contribution in [0.4, 0.5) is 0 Å². The van der Waals surface area contributed by atoms with Crippen molar-refractivity contribution in [1.29, 1.82) is 0 Å². The largest absolute Gasteiger partial charge is 0.504 e. The van der Waals surface area contributed by atoms with Crippen LogP contribution >= 0.6 is 0 Å². The number of rotatable bonds is 9. The number of ether oxygens (including phenoxy) is 1. The molecule has 0 aromatic heterocycles. The topological polar surface area (TPSA) is 44.7 Å². The lowest BCUT2D eigenvalue weighted by Gasteiger charge is -2.17. The number of nitrogens with zero attached hydrogens (tertiary/aromatic N) is 1. The minimum atomic E-state index is 0.199. The number of benzene rings is 1. The zero-order chi connectivity index (χ0) is 14.1. The summed E-state index contributed by atoms with van der Waals surface area (Å²) >= 11 is 0. The predicted molar refractivity (Wildman–Crippen MR) is 78.8 cm³/mol. The Balaban J connectivity index is 2.24. The van der Waals surface area contributed by atoms with Crippen LogP contribution in [-0.2, 0) is 6.54 Å². The Morgan fingerprint density at radius 1 is 1.26 bits per heavy atom. The monoisotopic (exact) mass is 266 g/mol. The molecule has 4 nitrogen and oxygen atoms in total. The van der Waals surface area contributed by atoms with E-state index >= 15 is 0 Å². The fourth-order valence-corrected chi connectivity index (χ4v) is 2.05. The molecule has 0 unspecified atom stereocenters. The lowest BCUT2D eigenvalue weighted by Crippen LogP contribution is -2.27. The third-order valence-electron chi connectivity index (χ3n) is 3.29. The third kappa shape index (κ3) is 5.49. The molecule has 1 aromatic rings. The molecule has 1 aromatic carbocycles. The van der Waals surface area contributed by atoms with Gasteiger partial charge < -0.3 is 20.1 Å². The van der Waals surface area contributed by atoms with Crippen molar-refractivity contribution in [3.63, 3.8) is 0 Å². The Morgan fingerprint density at radius 3 is 2.58 bits per heavy atom. The molecule has 4 heteroatoms. The van der Waals surface area contributed by atoms with Crippen molar-refractivity contribution in [2.45, 2.75) is 26.8 Å². The predicted octanol–water partition coefficient (Wildman–Crippen LogP) is 2.22. The summed E-state index contributed by atoms with van der Waals surface area (Å²) in [5.41, 5.74) is 1.07. The van der Waals surface area contributed by atoms with Crippen molar-refractivity contribution in [2.24, 2.45) is 0 Å². The molecule has 0 spiro atoms. The zero-order valence-corrected chi connectivity index (χ0v) is 12.3. The summed E-state index contributed by atoms with van der Waals surface area (Å²) in [6, 6.07) is 5.51. The van der Waals surface area contributed by atoms with Crippen LogP contribution in [0.3, 0.4) is 0 Å². The number of hydrogen-bond donors (Lipinski definition) is 2. The number of nitrogens with one attached hydrogen (secondary N) is 1. The van der Waals surface area contributed by atoms with Crippen LogP contribution in [-0.4, -0.2) is 43.3 Å². The molecule has 0 bridgehead atoms. The van der Waals surface area contributed by atoms with Crippen molar-refractivity contribution in [1.82, 2.24) is 10.2 Å². The second-order valence-electron chi connectivity index (χ2n) is 4.56. The highest BCUT2D eigenvalue weighted by Crippen LogP contribution is 2.25. The molecule has 0 heterocycles. The second kappa shape index (κ2) is 8.77. The summed E-state index contributed by atoms with van der Waals surface area (Å²) in [6.07, 6.45) is 1.14. The summed E-state index contributed by atoms with van der Waals surface area (Å²) in [7, 11) is 1.56. The molecular formula is C15H26N2O2. The van der Waals surface area contributed by atoms with Gasteiger partial charge >= 0.3 is 0 Å². The number of aromatic hydroxyl groups is 1. The van der Waals surface area contributed by atoms with Crippen molar-refractivity contribution < 1.29 is 9.84 Å². The number of phenols is 1. The minimum Gasteiger partial charge on any atom is -0.504 e. The van der Waals surface area contributed by atoms with Crippen LogP contribution in [0.25, 0.3) is 0 Å². The van der Waals surface area contributed by atoms with E-state index in [0.29, 0.717) is 5.75 Å². The van der Waals surface area contributed by atoms with E-state index in [-0.39, 0.29) is 5.75 Å². The summed E-state index contributed by atoms with van der Waals surface area (Å²) < 4.78 is 5.02. The highest BCUT2D eigenvalue weighted by Gasteiger charge is 2.02. The smallest absolute Gasteiger partial charge is 0.160 e. The van der Waals surface area contributed by atoms with Gasteiger partial charge in [0.2, 0.25) is 0 Å². The SMILES string of the molecule is CCN(CC)CCCNCc1ccc(OC)c(O)c1. The number of hydrogen-bond acceptors (Lipinski definition) is 4. The lowest BCUT2D eigenvalue weighted by atomic mass is 10.2. The highest BCUT2D eigenvalue weighted by atomic mass is 16.5. The summed E-state index contributed by atoms with van der Waals surface area (Å²) in [4.78, 5) is 2.42. The first-order chi connectivity index (χ1) is 9.21. The van der Waals surface area contributed by atoms with Gasteiger partial charge in [-0.3, -0.25) is 0 Å². The number of methoxy groups -OCH3 is 1. The fourth-order valence-electron chi connectivity index (χ4n) is 2.05. The second-order valence-corrected chi connectivity index (χ2v) is 4.56. The molecular weight excluding hydrogens is 240 g/mol. The molecule has 108 valence electrons. The van der Waals surface area contributed by atoms with Crippen LogP contribution in [0.15, 0.2) is 18.2 Å². The molecule has 0 saturated heterocycles. The van der Waals surface area contributed by atoms with Gasteiger partial charge in [-0.2, -0.15) is 0 Å². The molecule has 0 fully saturated rings. The van der Waals surface area contributed by atoms with Gasteiger partial charge in [-0.15, -0.1) is 0 Å². The Labute approximate surface area is 116 Å². The first-order valence-electron chi connectivity index (χ1n) is 7.00. The molecule has 19 heavy (non-hydrogen) atoms. The van der Waals surface area contributed by atoms with Gasteiger partial charge in [-0.05, 0) is 50.3 Å². The molecule has 0 aliphatic heterocycles. The lowest BCUT2D eigenvalue weighted by molar-refractivity contribution is 0.298. The van der Waals surface area contributed by atoms with Crippen LogP contribution < -0.4 is 10.1 Å². The minimum absolute atomic E-state index is 0.199. The van der Waals surface area contributed by atoms with Crippen LogP contribution in [0.1, 0.15) is 25.8 Å². The molecule has 0 amide bonds. The number of phenolic OH excluding ortho intramolecular Hbond substituents is 1. The van der Waals surface area contributed by atoms with E-state index in [2.05, 4.69) is 24.1 Å². The van der Waals surface area contributed by atoms with Gasteiger partial charge in [0.15, 0.2) is 11.5 Å². The zero-order valence-electron chi connectivity index (χ0n) is 12.3. The van der Waals surface area contributed by atoms with Gasteiger partial charge in [0, 0.05) is 6.54 Å². The van der Waals surface area contributed by atoms with E-state index in [4.69, 9.17) is 4.74 Å². The van der Waals surface area contributed by atoms with E-state index in [0.717, 1.165) is 44.7 Å². The highest BCUT2D eigenvalue weighted by molar-refractivity contribution is 5.41. The van der Waals surface area contributed by atoms with Gasteiger partial charge in [0.25, 0.3) is 0 Å². The molecule has 0 saturated carbocycles. The molecule has 1 rings (SSSR count). The Bertz CT molecular complexity index is 365. The third-order valence-corrected chi connectivity index (χ3v) is 3.29. The average Bonchev–Trinajstić information content (AvgIpc) is 2.43. The first-order valence-corrected chi connectivity index (χ1v) is 7.00. The quantitative estimate of drug-likeness (QED) is 0.673. The Hall–Kier alpha value is -1.26. The van der Waals surface area contributed by atoms with E-state index in [1.54, 1.807) is 19.2 Å². The first kappa shape index (κ1) is 15.8. The van der Waals surface area contributed by atoms with Crippen molar-refractivity contribution >= 4 is 0 Å². The molecule has 0 atom stereocenters. The molecule has 0 aliphatic carbocycles. The van der Waals surface area contributed by atoms with Gasteiger partial charge in [0.05, 0.1) is 7.11 Å². The molecule has 2 N–H and O–H groups in total. The van der Waals surface area contributed by atoms with Gasteiger partial charge in [-0.1, -0.05) is 19.9 Å². The van der Waals surface area contributed by atoms with Gasteiger partial charge in [0.1, 0.15) is 0 Å². The van der Waals surface area contributed by atoms with E-state index in [9.17, 15) is 5.11 Å². The van der Waals surface area contributed by atoms with E-state index in [1.807, 2.05) is 6.07 Å². The standard InChI is InChI=1S/C15H26N2O2/c1-4-17(5-2)10-6-9-16-12-13-7-8-15(19-3)14(18)11-13/h7-8,11,16,18H,4-6,9-10,12H2,1-3H3. The normalized spacial score (nSPS) is 10.9. The van der Waals surface area contributed by atoms with Crippen LogP contribution in [0.5, 0.6) is 11.5 Å². The maximum absolute atomic E-state index is 9.67. The van der Waals surface area contributed by atoms with E-state index in [1.165, 1.54) is 0 Å². The fraction of sp³-hybridized carbons (Fsp3) is 0.600. The average molecular weight is 266 g/mol. The Morgan fingerprint density at radius 2 is 2.00 bits per heavy atom.